The maximum Gasteiger partial charge on any atom is 0.192 e. The van der Waals surface area contributed by atoms with Crippen molar-refractivity contribution in [3.63, 3.8) is 0 Å². The maximum absolute atomic E-state index is 14.2. The van der Waals surface area contributed by atoms with Crippen molar-refractivity contribution in [1.82, 2.24) is 5.32 Å². The molecule has 0 saturated carbocycles. The molecule has 1 aromatic rings. The van der Waals surface area contributed by atoms with Crippen LogP contribution in [0.1, 0.15) is 59.4 Å². The van der Waals surface area contributed by atoms with Crippen LogP contribution < -0.4 is 5.32 Å². The molecule has 0 amide bonds. The van der Waals surface area contributed by atoms with Crippen molar-refractivity contribution in [3.8, 4) is 0 Å². The molecule has 1 N–H and O–H groups in total. The molecule has 0 aromatic heterocycles. The van der Waals surface area contributed by atoms with Crippen LogP contribution in [0.15, 0.2) is 35.3 Å². The first-order chi connectivity index (χ1) is 12.3. The van der Waals surface area contributed by atoms with E-state index in [2.05, 4.69) is 75.5 Å². The van der Waals surface area contributed by atoms with Gasteiger partial charge in [0, 0.05) is 11.6 Å². The van der Waals surface area contributed by atoms with Crippen molar-refractivity contribution in [2.45, 2.75) is 89.2 Å². The van der Waals surface area contributed by atoms with Crippen LogP contribution in [0.4, 0.5) is 4.39 Å². The van der Waals surface area contributed by atoms with E-state index in [1.54, 1.807) is 6.07 Å². The Morgan fingerprint density at radius 2 is 1.96 bits per heavy atom. The summed E-state index contributed by atoms with van der Waals surface area (Å²) < 4.78 is 21.6. The highest BCUT2D eigenvalue weighted by Gasteiger charge is 2.49. The number of benzene rings is 1. The van der Waals surface area contributed by atoms with E-state index in [0.717, 1.165) is 24.8 Å². The number of hydrogen-bond donors (Lipinski definition) is 1. The van der Waals surface area contributed by atoms with E-state index in [1.165, 1.54) is 6.07 Å². The molecule has 1 aromatic carbocycles. The third-order valence-corrected chi connectivity index (χ3v) is 11.9. The minimum absolute atomic E-state index is 0.159. The average Bonchev–Trinajstić information content (AvgIpc) is 2.94. The minimum Gasteiger partial charge on any atom is -0.410 e. The fraction of sp³-hybridized carbons (Fsp3) is 0.636. The van der Waals surface area contributed by atoms with Crippen molar-refractivity contribution < 1.29 is 8.82 Å². The zero-order chi connectivity index (χ0) is 20.7. The van der Waals surface area contributed by atoms with Gasteiger partial charge in [-0.25, -0.2) is 4.39 Å². The molecule has 152 valence electrons. The first kappa shape index (κ1) is 22.8. The van der Waals surface area contributed by atoms with Crippen LogP contribution >= 0.6 is 15.9 Å². The zero-order valence-electron chi connectivity index (χ0n) is 17.9. The zero-order valence-corrected chi connectivity index (χ0v) is 20.5. The first-order valence-corrected chi connectivity index (χ1v) is 13.5. The Labute approximate surface area is 174 Å². The Bertz CT molecular complexity index is 698. The summed E-state index contributed by atoms with van der Waals surface area (Å²) in [5.41, 5.74) is 0.348. The van der Waals surface area contributed by atoms with E-state index in [9.17, 15) is 4.39 Å². The molecule has 1 fully saturated rings. The summed E-state index contributed by atoms with van der Waals surface area (Å²) in [6.45, 7) is 19.7. The van der Waals surface area contributed by atoms with E-state index in [1.807, 2.05) is 12.1 Å². The third-order valence-electron chi connectivity index (χ3n) is 6.43. The van der Waals surface area contributed by atoms with Crippen molar-refractivity contribution >= 4 is 24.2 Å². The van der Waals surface area contributed by atoms with Gasteiger partial charge in [0.25, 0.3) is 0 Å². The molecule has 0 radical (unpaired) electrons. The maximum atomic E-state index is 14.2. The van der Waals surface area contributed by atoms with Crippen LogP contribution in [0.25, 0.3) is 0 Å². The Morgan fingerprint density at radius 3 is 2.52 bits per heavy atom. The second kappa shape index (κ2) is 7.73. The molecule has 0 bridgehead atoms. The fourth-order valence-electron chi connectivity index (χ4n) is 3.87. The van der Waals surface area contributed by atoms with Crippen molar-refractivity contribution in [2.24, 2.45) is 0 Å². The molecule has 1 aliphatic heterocycles. The molecule has 2 rings (SSSR count). The Morgan fingerprint density at radius 1 is 1.33 bits per heavy atom. The van der Waals surface area contributed by atoms with E-state index >= 15 is 0 Å². The highest BCUT2D eigenvalue weighted by atomic mass is 79.9. The van der Waals surface area contributed by atoms with Gasteiger partial charge in [-0.15, -0.1) is 6.58 Å². The van der Waals surface area contributed by atoms with Crippen molar-refractivity contribution in [1.29, 1.82) is 0 Å². The average molecular weight is 457 g/mol. The van der Waals surface area contributed by atoms with Gasteiger partial charge in [0.2, 0.25) is 0 Å². The predicted octanol–water partition coefficient (Wildman–Crippen LogP) is 6.91. The van der Waals surface area contributed by atoms with Gasteiger partial charge in [-0.05, 0) is 78.8 Å². The van der Waals surface area contributed by atoms with Gasteiger partial charge in [-0.2, -0.15) is 0 Å². The van der Waals surface area contributed by atoms with Gasteiger partial charge in [-0.1, -0.05) is 39.0 Å². The van der Waals surface area contributed by atoms with Crippen LogP contribution in [0.3, 0.4) is 0 Å². The lowest BCUT2D eigenvalue weighted by molar-refractivity contribution is 0.0511. The summed E-state index contributed by atoms with van der Waals surface area (Å²) in [5.74, 6) is -0.224. The molecular weight excluding hydrogens is 421 g/mol. The fourth-order valence-corrected chi connectivity index (χ4v) is 6.28. The van der Waals surface area contributed by atoms with Crippen LogP contribution in [-0.4, -0.2) is 20.0 Å². The molecular formula is C22H35BrFNOSi. The summed E-state index contributed by atoms with van der Waals surface area (Å²) >= 11 is 3.47. The van der Waals surface area contributed by atoms with Crippen molar-refractivity contribution in [2.75, 3.05) is 0 Å². The molecule has 2 nitrogen and oxygen atoms in total. The van der Waals surface area contributed by atoms with E-state index in [4.69, 9.17) is 4.43 Å². The largest absolute Gasteiger partial charge is 0.410 e. The number of nitrogens with one attached hydrogen (secondary N) is 1. The lowest BCUT2D eigenvalue weighted by Crippen LogP contribution is -2.56. The Hall–Kier alpha value is -0.493. The second-order valence-corrected chi connectivity index (χ2v) is 15.4. The first-order valence-electron chi connectivity index (χ1n) is 9.79. The van der Waals surface area contributed by atoms with Crippen molar-refractivity contribution in [3.05, 3.63) is 46.7 Å². The molecule has 0 spiro atoms. The highest BCUT2D eigenvalue weighted by Crippen LogP contribution is 2.46. The van der Waals surface area contributed by atoms with Crippen LogP contribution in [0, 0.1) is 5.82 Å². The second-order valence-electron chi connectivity index (χ2n) is 9.88. The van der Waals surface area contributed by atoms with Gasteiger partial charge < -0.3 is 9.74 Å². The predicted molar refractivity (Wildman–Crippen MR) is 119 cm³/mol. The molecule has 1 aliphatic rings. The summed E-state index contributed by atoms with van der Waals surface area (Å²) in [4.78, 5) is 0. The molecule has 2 atom stereocenters. The van der Waals surface area contributed by atoms with Crippen LogP contribution in [0.5, 0.6) is 0 Å². The third kappa shape index (κ3) is 4.57. The number of halogens is 2. The van der Waals surface area contributed by atoms with Crippen LogP contribution in [-0.2, 0) is 9.96 Å². The monoisotopic (exact) mass is 455 g/mol. The van der Waals surface area contributed by atoms with Crippen LogP contribution in [0.2, 0.25) is 18.1 Å². The molecule has 1 heterocycles. The van der Waals surface area contributed by atoms with Gasteiger partial charge >= 0.3 is 0 Å². The van der Waals surface area contributed by atoms with Gasteiger partial charge in [0.05, 0.1) is 10.1 Å². The van der Waals surface area contributed by atoms with E-state index < -0.39 is 8.32 Å². The molecule has 27 heavy (non-hydrogen) atoms. The summed E-state index contributed by atoms with van der Waals surface area (Å²) in [6.07, 6.45) is 4.59. The highest BCUT2D eigenvalue weighted by molar-refractivity contribution is 9.10. The van der Waals surface area contributed by atoms with Gasteiger partial charge in [0.15, 0.2) is 8.32 Å². The Kier molecular flexibility index (Phi) is 6.53. The van der Waals surface area contributed by atoms with Gasteiger partial charge in [-0.3, -0.25) is 0 Å². The minimum atomic E-state index is -1.90. The normalized spacial score (nSPS) is 24.3. The van der Waals surface area contributed by atoms with Gasteiger partial charge in [0.1, 0.15) is 5.82 Å². The molecule has 5 heteroatoms. The number of hydrogen-bond acceptors (Lipinski definition) is 2. The van der Waals surface area contributed by atoms with E-state index in [0.29, 0.717) is 4.47 Å². The molecule has 0 unspecified atom stereocenters. The molecule has 0 aliphatic carbocycles. The number of rotatable bonds is 6. The summed E-state index contributed by atoms with van der Waals surface area (Å²) in [7, 11) is -1.90. The Balaban J connectivity index is 2.33. The lowest BCUT2D eigenvalue weighted by Gasteiger charge is -2.46. The SMILES string of the molecule is C=CC[C@@]1(c2cccc(F)c2Br)CC[C@H](C(C)(C)O[Si](C)(C)C(C)(C)C)N1. The summed E-state index contributed by atoms with van der Waals surface area (Å²) in [6, 6.07) is 5.48. The molecule has 1 saturated heterocycles. The van der Waals surface area contributed by atoms with E-state index in [-0.39, 0.29) is 28.0 Å². The lowest BCUT2D eigenvalue weighted by atomic mass is 9.85. The quantitative estimate of drug-likeness (QED) is 0.371. The summed E-state index contributed by atoms with van der Waals surface area (Å²) in [5, 5.41) is 3.99. The smallest absolute Gasteiger partial charge is 0.192 e. The standard InChI is InChI=1S/C22H35BrFNOSi/c1-9-14-22(16-11-10-12-17(24)19(16)23)15-13-18(25-22)21(5,6)26-27(7,8)20(2,3)4/h9-12,18,25H,1,13-15H2,2-8H3/t18-,22+/m1/s1. The topological polar surface area (TPSA) is 21.3 Å².